The van der Waals surface area contributed by atoms with Gasteiger partial charge in [-0.05, 0) is 24.7 Å². The van der Waals surface area contributed by atoms with Crippen LogP contribution in [0.5, 0.6) is 0 Å². The van der Waals surface area contributed by atoms with E-state index >= 15 is 0 Å². The third kappa shape index (κ3) is 3.28. The van der Waals surface area contributed by atoms with Crippen molar-refractivity contribution in [1.82, 2.24) is 14.9 Å². The average Bonchev–Trinajstić information content (AvgIpc) is 2.58. The third-order valence-electron chi connectivity index (χ3n) is 3.71. The lowest BCUT2D eigenvalue weighted by Gasteiger charge is -2.14. The molecule has 0 unspecified atom stereocenters. The van der Waals surface area contributed by atoms with E-state index in [1.807, 2.05) is 37.3 Å². The molecule has 0 aliphatic rings. The molecule has 118 valence electrons. The zero-order chi connectivity index (χ0) is 16.2. The maximum atomic E-state index is 12.9. The Kier molecular flexibility index (Phi) is 4.74. The molecule has 1 heterocycles. The Bertz CT molecular complexity index is 875. The second-order valence-electron chi connectivity index (χ2n) is 5.27. The summed E-state index contributed by atoms with van der Waals surface area (Å²) in [6, 6.07) is 15.0. The maximum absolute atomic E-state index is 12.9. The van der Waals surface area contributed by atoms with Gasteiger partial charge in [-0.25, -0.2) is 4.98 Å². The zero-order valence-corrected chi connectivity index (χ0v) is 13.7. The molecule has 0 atom stereocenters. The van der Waals surface area contributed by atoms with Crippen molar-refractivity contribution in [2.24, 2.45) is 0 Å². The SMILES string of the molecule is CCNCCn1c(-c2ccccc2)nc2ccc(Cl)cc2c1=O. The molecule has 0 aliphatic heterocycles. The molecule has 2 aromatic carbocycles. The largest absolute Gasteiger partial charge is 0.315 e. The Morgan fingerprint density at radius 3 is 2.70 bits per heavy atom. The highest BCUT2D eigenvalue weighted by Gasteiger charge is 2.12. The number of rotatable bonds is 5. The second-order valence-corrected chi connectivity index (χ2v) is 5.71. The van der Waals surface area contributed by atoms with Gasteiger partial charge in [-0.15, -0.1) is 0 Å². The first-order valence-corrected chi connectivity index (χ1v) is 8.04. The molecular weight excluding hydrogens is 310 g/mol. The van der Waals surface area contributed by atoms with Gasteiger partial charge in [-0.3, -0.25) is 9.36 Å². The molecule has 0 saturated heterocycles. The zero-order valence-electron chi connectivity index (χ0n) is 12.9. The van der Waals surface area contributed by atoms with E-state index < -0.39 is 0 Å². The van der Waals surface area contributed by atoms with Crippen LogP contribution in [-0.4, -0.2) is 22.6 Å². The number of halogens is 1. The molecular formula is C18H18ClN3O. The van der Waals surface area contributed by atoms with Gasteiger partial charge in [0.1, 0.15) is 5.82 Å². The van der Waals surface area contributed by atoms with Crippen molar-refractivity contribution in [2.75, 3.05) is 13.1 Å². The van der Waals surface area contributed by atoms with Gasteiger partial charge in [-0.2, -0.15) is 0 Å². The number of benzene rings is 2. The van der Waals surface area contributed by atoms with E-state index in [-0.39, 0.29) is 5.56 Å². The van der Waals surface area contributed by atoms with E-state index in [2.05, 4.69) is 5.32 Å². The average molecular weight is 328 g/mol. The summed E-state index contributed by atoms with van der Waals surface area (Å²) in [4.78, 5) is 17.6. The number of hydrogen-bond acceptors (Lipinski definition) is 3. The van der Waals surface area contributed by atoms with E-state index in [4.69, 9.17) is 16.6 Å². The molecule has 0 bridgehead atoms. The quantitative estimate of drug-likeness (QED) is 0.731. The van der Waals surface area contributed by atoms with Crippen LogP contribution in [-0.2, 0) is 6.54 Å². The molecule has 1 N–H and O–H groups in total. The summed E-state index contributed by atoms with van der Waals surface area (Å²) in [5, 5.41) is 4.34. The fourth-order valence-corrected chi connectivity index (χ4v) is 2.75. The van der Waals surface area contributed by atoms with Crippen molar-refractivity contribution in [2.45, 2.75) is 13.5 Å². The highest BCUT2D eigenvalue weighted by Crippen LogP contribution is 2.20. The molecule has 0 aliphatic carbocycles. The fourth-order valence-electron chi connectivity index (χ4n) is 2.58. The van der Waals surface area contributed by atoms with E-state index in [1.165, 1.54) is 0 Å². The van der Waals surface area contributed by atoms with E-state index in [0.29, 0.717) is 34.8 Å². The van der Waals surface area contributed by atoms with Crippen molar-refractivity contribution < 1.29 is 0 Å². The van der Waals surface area contributed by atoms with Crippen molar-refractivity contribution in [1.29, 1.82) is 0 Å². The lowest BCUT2D eigenvalue weighted by Crippen LogP contribution is -2.29. The highest BCUT2D eigenvalue weighted by molar-refractivity contribution is 6.31. The van der Waals surface area contributed by atoms with Gasteiger partial charge < -0.3 is 5.32 Å². The predicted octanol–water partition coefficient (Wildman–Crippen LogP) is 3.33. The van der Waals surface area contributed by atoms with Crippen LogP contribution in [0.3, 0.4) is 0 Å². The van der Waals surface area contributed by atoms with Crippen molar-refractivity contribution in [3.63, 3.8) is 0 Å². The fraction of sp³-hybridized carbons (Fsp3) is 0.222. The molecule has 0 amide bonds. The minimum absolute atomic E-state index is 0.0609. The van der Waals surface area contributed by atoms with Crippen molar-refractivity contribution >= 4 is 22.5 Å². The van der Waals surface area contributed by atoms with Gasteiger partial charge in [0, 0.05) is 23.7 Å². The summed E-state index contributed by atoms with van der Waals surface area (Å²) in [7, 11) is 0. The summed E-state index contributed by atoms with van der Waals surface area (Å²) >= 11 is 6.04. The molecule has 5 heteroatoms. The lowest BCUT2D eigenvalue weighted by atomic mass is 10.2. The number of fused-ring (bicyclic) bond motifs is 1. The highest BCUT2D eigenvalue weighted by atomic mass is 35.5. The van der Waals surface area contributed by atoms with Crippen LogP contribution in [0.1, 0.15) is 6.92 Å². The van der Waals surface area contributed by atoms with Gasteiger partial charge in [0.25, 0.3) is 5.56 Å². The van der Waals surface area contributed by atoms with Crippen molar-refractivity contribution in [3.8, 4) is 11.4 Å². The summed E-state index contributed by atoms with van der Waals surface area (Å²) in [6.45, 7) is 4.18. The predicted molar refractivity (Wildman–Crippen MR) is 95.0 cm³/mol. The van der Waals surface area contributed by atoms with Crippen LogP contribution in [0.15, 0.2) is 53.3 Å². The maximum Gasteiger partial charge on any atom is 0.261 e. The first kappa shape index (κ1) is 15.7. The summed E-state index contributed by atoms with van der Waals surface area (Å²) in [5.74, 6) is 0.684. The molecule has 0 spiro atoms. The van der Waals surface area contributed by atoms with Gasteiger partial charge in [0.15, 0.2) is 0 Å². The van der Waals surface area contributed by atoms with Gasteiger partial charge in [-0.1, -0.05) is 48.9 Å². The van der Waals surface area contributed by atoms with E-state index in [1.54, 1.807) is 22.8 Å². The molecule has 0 fully saturated rings. The first-order valence-electron chi connectivity index (χ1n) is 7.67. The van der Waals surface area contributed by atoms with Gasteiger partial charge >= 0.3 is 0 Å². The minimum atomic E-state index is -0.0609. The smallest absolute Gasteiger partial charge is 0.261 e. The number of nitrogens with one attached hydrogen (secondary N) is 1. The first-order chi connectivity index (χ1) is 11.2. The second kappa shape index (κ2) is 6.94. The molecule has 3 aromatic rings. The summed E-state index contributed by atoms with van der Waals surface area (Å²) in [6.07, 6.45) is 0. The van der Waals surface area contributed by atoms with Crippen LogP contribution in [0.25, 0.3) is 22.3 Å². The molecule has 0 saturated carbocycles. The van der Waals surface area contributed by atoms with Crippen LogP contribution >= 0.6 is 11.6 Å². The Morgan fingerprint density at radius 2 is 1.96 bits per heavy atom. The van der Waals surface area contributed by atoms with Crippen molar-refractivity contribution in [3.05, 3.63) is 63.9 Å². The van der Waals surface area contributed by atoms with Crippen LogP contribution in [0, 0.1) is 0 Å². The summed E-state index contributed by atoms with van der Waals surface area (Å²) < 4.78 is 1.72. The van der Waals surface area contributed by atoms with Gasteiger partial charge in [0.05, 0.1) is 10.9 Å². The minimum Gasteiger partial charge on any atom is -0.315 e. The van der Waals surface area contributed by atoms with Gasteiger partial charge in [0.2, 0.25) is 0 Å². The molecule has 0 radical (unpaired) electrons. The van der Waals surface area contributed by atoms with E-state index in [0.717, 1.165) is 12.1 Å². The normalized spacial score (nSPS) is 11.0. The Balaban J connectivity index is 2.21. The standard InChI is InChI=1S/C18H18ClN3O/c1-2-20-10-11-22-17(13-6-4-3-5-7-13)21-16-9-8-14(19)12-15(16)18(22)23/h3-9,12,20H,2,10-11H2,1H3. The van der Waals surface area contributed by atoms with Crippen LogP contribution in [0.2, 0.25) is 5.02 Å². The molecule has 23 heavy (non-hydrogen) atoms. The number of likely N-dealkylation sites (N-methyl/N-ethyl adjacent to an activating group) is 1. The molecule has 4 nitrogen and oxygen atoms in total. The Labute approximate surface area is 139 Å². The molecule has 1 aromatic heterocycles. The summed E-state index contributed by atoms with van der Waals surface area (Å²) in [5.41, 5.74) is 1.53. The number of hydrogen-bond donors (Lipinski definition) is 1. The third-order valence-corrected chi connectivity index (χ3v) is 3.95. The topological polar surface area (TPSA) is 46.9 Å². The number of aromatic nitrogens is 2. The monoisotopic (exact) mass is 327 g/mol. The number of nitrogens with zero attached hydrogens (tertiary/aromatic N) is 2. The van der Waals surface area contributed by atoms with Crippen LogP contribution in [0.4, 0.5) is 0 Å². The van der Waals surface area contributed by atoms with Crippen LogP contribution < -0.4 is 10.9 Å². The van der Waals surface area contributed by atoms with E-state index in [9.17, 15) is 4.79 Å². The Hall–Kier alpha value is -2.17. The lowest BCUT2D eigenvalue weighted by molar-refractivity contribution is 0.601. The molecule has 3 rings (SSSR count). The Morgan fingerprint density at radius 1 is 1.17 bits per heavy atom.